The van der Waals surface area contributed by atoms with E-state index >= 15 is 0 Å². The number of fused-ring (bicyclic) bond motifs is 1. The van der Waals surface area contributed by atoms with Crippen molar-refractivity contribution >= 4 is 27.5 Å². The molecule has 10 heteroatoms. The first kappa shape index (κ1) is 23.4. The minimum Gasteiger partial charge on any atom is -0.357 e. The van der Waals surface area contributed by atoms with E-state index in [2.05, 4.69) is 10.6 Å². The second-order valence-electron chi connectivity index (χ2n) is 7.68. The molecule has 1 aliphatic rings. The number of carbonyl (C=O) groups is 2. The Kier molecular flexibility index (Phi) is 6.34. The summed E-state index contributed by atoms with van der Waals surface area (Å²) in [6.07, 6.45) is 0.581. The zero-order valence-corrected chi connectivity index (χ0v) is 18.9. The molecule has 1 atom stereocenters. The standard InChI is InChI=1S/C24H21F2N3O4S/c1-27-24(31)22(16-9-10-19(25)20(26)14-16)28-23(30)17-6-4-7-18(13-17)34(32,33)29-12-11-15-5-2-3-8-21(15)29/h2-10,13-14,22H,11-12H2,1H3,(H,27,31)(H,28,30). The minimum atomic E-state index is -3.94. The normalized spacial score (nSPS) is 13.8. The summed E-state index contributed by atoms with van der Waals surface area (Å²) < 4.78 is 54.9. The number of para-hydroxylation sites is 1. The lowest BCUT2D eigenvalue weighted by molar-refractivity contribution is -0.122. The smallest absolute Gasteiger partial charge is 0.264 e. The van der Waals surface area contributed by atoms with Gasteiger partial charge in [-0.25, -0.2) is 17.2 Å². The SMILES string of the molecule is CNC(=O)C(NC(=O)c1cccc(S(=O)(=O)N2CCc3ccccc32)c1)c1ccc(F)c(F)c1. The highest BCUT2D eigenvalue weighted by molar-refractivity contribution is 7.92. The Labute approximate surface area is 195 Å². The minimum absolute atomic E-state index is 0.00922. The van der Waals surface area contributed by atoms with E-state index in [0.717, 1.165) is 17.7 Å². The number of anilines is 1. The van der Waals surface area contributed by atoms with Crippen LogP contribution in [0.15, 0.2) is 71.6 Å². The van der Waals surface area contributed by atoms with Crippen LogP contribution in [0, 0.1) is 11.6 Å². The van der Waals surface area contributed by atoms with E-state index in [-0.39, 0.29) is 22.6 Å². The van der Waals surface area contributed by atoms with E-state index in [4.69, 9.17) is 0 Å². The number of likely N-dealkylation sites (N-methyl/N-ethyl adjacent to an activating group) is 1. The van der Waals surface area contributed by atoms with Crippen LogP contribution in [0.1, 0.15) is 27.5 Å². The molecule has 0 spiro atoms. The number of benzene rings is 3. The van der Waals surface area contributed by atoms with E-state index in [1.807, 2.05) is 12.1 Å². The molecule has 34 heavy (non-hydrogen) atoms. The highest BCUT2D eigenvalue weighted by atomic mass is 32.2. The average Bonchev–Trinajstić information content (AvgIpc) is 3.29. The third-order valence-electron chi connectivity index (χ3n) is 5.59. The highest BCUT2D eigenvalue weighted by Gasteiger charge is 2.31. The summed E-state index contributed by atoms with van der Waals surface area (Å²) in [5.41, 5.74) is 1.53. The third-order valence-corrected chi connectivity index (χ3v) is 7.40. The Balaban J connectivity index is 1.62. The van der Waals surface area contributed by atoms with Gasteiger partial charge in [0.2, 0.25) is 5.91 Å². The van der Waals surface area contributed by atoms with Crippen molar-refractivity contribution in [2.75, 3.05) is 17.9 Å². The maximum absolute atomic E-state index is 13.7. The van der Waals surface area contributed by atoms with Gasteiger partial charge in [0.15, 0.2) is 11.6 Å². The molecule has 2 amide bonds. The molecule has 2 N–H and O–H groups in total. The second-order valence-corrected chi connectivity index (χ2v) is 9.54. The Morgan fingerprint density at radius 2 is 1.74 bits per heavy atom. The third kappa shape index (κ3) is 4.36. The number of amides is 2. The van der Waals surface area contributed by atoms with Crippen LogP contribution >= 0.6 is 0 Å². The lowest BCUT2D eigenvalue weighted by atomic mass is 10.0. The van der Waals surface area contributed by atoms with Crippen molar-refractivity contribution in [3.63, 3.8) is 0 Å². The van der Waals surface area contributed by atoms with Gasteiger partial charge in [-0.05, 0) is 53.9 Å². The molecule has 0 saturated heterocycles. The van der Waals surface area contributed by atoms with Gasteiger partial charge in [-0.2, -0.15) is 0 Å². The lowest BCUT2D eigenvalue weighted by Gasteiger charge is -2.20. The van der Waals surface area contributed by atoms with Gasteiger partial charge in [0.1, 0.15) is 6.04 Å². The molecule has 3 aromatic carbocycles. The fraction of sp³-hybridized carbons (Fsp3) is 0.167. The monoisotopic (exact) mass is 485 g/mol. The van der Waals surface area contributed by atoms with Crippen molar-refractivity contribution in [2.45, 2.75) is 17.4 Å². The molecular formula is C24H21F2N3O4S. The van der Waals surface area contributed by atoms with Crippen LogP contribution in [-0.2, 0) is 21.2 Å². The van der Waals surface area contributed by atoms with E-state index in [1.54, 1.807) is 12.1 Å². The summed E-state index contributed by atoms with van der Waals surface area (Å²) >= 11 is 0. The quantitative estimate of drug-likeness (QED) is 0.561. The van der Waals surface area contributed by atoms with Crippen LogP contribution in [-0.4, -0.2) is 33.8 Å². The summed E-state index contributed by atoms with van der Waals surface area (Å²) in [5, 5.41) is 4.83. The molecule has 4 rings (SSSR count). The Morgan fingerprint density at radius 1 is 0.971 bits per heavy atom. The topological polar surface area (TPSA) is 95.6 Å². The van der Waals surface area contributed by atoms with Gasteiger partial charge in [-0.1, -0.05) is 30.3 Å². The van der Waals surface area contributed by atoms with Crippen molar-refractivity contribution in [3.8, 4) is 0 Å². The maximum Gasteiger partial charge on any atom is 0.264 e. The van der Waals surface area contributed by atoms with Crippen molar-refractivity contribution in [2.24, 2.45) is 0 Å². The number of nitrogens with one attached hydrogen (secondary N) is 2. The van der Waals surface area contributed by atoms with Gasteiger partial charge < -0.3 is 10.6 Å². The van der Waals surface area contributed by atoms with Gasteiger partial charge >= 0.3 is 0 Å². The number of halogens is 2. The van der Waals surface area contributed by atoms with Gasteiger partial charge in [-0.3, -0.25) is 13.9 Å². The molecule has 7 nitrogen and oxygen atoms in total. The van der Waals surface area contributed by atoms with Crippen LogP contribution in [0.2, 0.25) is 0 Å². The Morgan fingerprint density at radius 3 is 2.47 bits per heavy atom. The molecule has 1 aliphatic heterocycles. The molecule has 1 heterocycles. The first-order chi connectivity index (χ1) is 16.2. The first-order valence-electron chi connectivity index (χ1n) is 10.4. The van der Waals surface area contributed by atoms with E-state index in [0.29, 0.717) is 12.1 Å². The molecule has 3 aromatic rings. The fourth-order valence-corrected chi connectivity index (χ4v) is 5.38. The highest BCUT2D eigenvalue weighted by Crippen LogP contribution is 2.32. The predicted molar refractivity (Wildman–Crippen MR) is 122 cm³/mol. The molecule has 0 fully saturated rings. The Hall–Kier alpha value is -3.79. The summed E-state index contributed by atoms with van der Waals surface area (Å²) in [7, 11) is -2.60. The number of rotatable bonds is 6. The largest absolute Gasteiger partial charge is 0.357 e. The molecule has 0 saturated carbocycles. The molecule has 1 unspecified atom stereocenters. The molecule has 0 radical (unpaired) electrons. The number of sulfonamides is 1. The first-order valence-corrected chi connectivity index (χ1v) is 11.8. The van der Waals surface area contributed by atoms with Crippen LogP contribution < -0.4 is 14.9 Å². The molecule has 0 aliphatic carbocycles. The lowest BCUT2D eigenvalue weighted by Crippen LogP contribution is -2.39. The molecule has 0 aromatic heterocycles. The summed E-state index contributed by atoms with van der Waals surface area (Å²) in [6, 6.07) is 14.2. The zero-order chi connectivity index (χ0) is 24.5. The zero-order valence-electron chi connectivity index (χ0n) is 18.1. The van der Waals surface area contributed by atoms with Crippen LogP contribution in [0.3, 0.4) is 0 Å². The molecular weight excluding hydrogens is 464 g/mol. The van der Waals surface area contributed by atoms with Gasteiger partial charge in [-0.15, -0.1) is 0 Å². The van der Waals surface area contributed by atoms with Crippen LogP contribution in [0.5, 0.6) is 0 Å². The summed E-state index contributed by atoms with van der Waals surface area (Å²) in [5.74, 6) is -3.67. The summed E-state index contributed by atoms with van der Waals surface area (Å²) in [4.78, 5) is 25.2. The molecule has 176 valence electrons. The van der Waals surface area contributed by atoms with Crippen LogP contribution in [0.4, 0.5) is 14.5 Å². The number of hydrogen-bond acceptors (Lipinski definition) is 4. The number of carbonyl (C=O) groups excluding carboxylic acids is 2. The predicted octanol–water partition coefficient (Wildman–Crippen LogP) is 2.93. The van der Waals surface area contributed by atoms with E-state index < -0.39 is 39.5 Å². The van der Waals surface area contributed by atoms with Gasteiger partial charge in [0.25, 0.3) is 15.9 Å². The van der Waals surface area contributed by atoms with E-state index in [1.165, 1.54) is 41.7 Å². The Bertz CT molecular complexity index is 1380. The van der Waals surface area contributed by atoms with Gasteiger partial charge in [0, 0.05) is 19.2 Å². The number of nitrogens with zero attached hydrogens (tertiary/aromatic N) is 1. The van der Waals surface area contributed by atoms with Crippen molar-refractivity contribution < 1.29 is 26.8 Å². The fourth-order valence-electron chi connectivity index (χ4n) is 3.83. The number of hydrogen-bond donors (Lipinski definition) is 2. The van der Waals surface area contributed by atoms with Crippen molar-refractivity contribution in [1.29, 1.82) is 0 Å². The second kappa shape index (κ2) is 9.22. The average molecular weight is 486 g/mol. The van der Waals surface area contributed by atoms with Crippen molar-refractivity contribution in [1.82, 2.24) is 10.6 Å². The maximum atomic E-state index is 13.7. The van der Waals surface area contributed by atoms with Crippen molar-refractivity contribution in [3.05, 3.63) is 95.1 Å². The summed E-state index contributed by atoms with van der Waals surface area (Å²) in [6.45, 7) is 0.285. The molecule has 0 bridgehead atoms. The van der Waals surface area contributed by atoms with E-state index in [9.17, 15) is 26.8 Å². The van der Waals surface area contributed by atoms with Crippen LogP contribution in [0.25, 0.3) is 0 Å². The van der Waals surface area contributed by atoms with Gasteiger partial charge in [0.05, 0.1) is 10.6 Å².